The number of carboxylic acids is 2. The van der Waals surface area contributed by atoms with Gasteiger partial charge in [-0.15, -0.1) is 0 Å². The molecule has 0 aliphatic rings. The summed E-state index contributed by atoms with van der Waals surface area (Å²) >= 11 is 0. The molecule has 0 aliphatic carbocycles. The summed E-state index contributed by atoms with van der Waals surface area (Å²) in [7, 11) is 0. The van der Waals surface area contributed by atoms with Gasteiger partial charge < -0.3 is 15.5 Å². The molecule has 0 aromatic heterocycles. The number of anilines is 1. The van der Waals surface area contributed by atoms with Crippen LogP contribution in [0, 0.1) is 0 Å². The molecule has 0 aliphatic heterocycles. The fourth-order valence-electron chi connectivity index (χ4n) is 1.12. The number of nitrogens with one attached hydrogen (secondary N) is 1. The zero-order valence-electron chi connectivity index (χ0n) is 7.43. The number of carboxylic acid groups (broad SMARTS) is 2. The number of rotatable bonds is 4. The number of para-hydroxylation sites is 1. The molecule has 78 valence electrons. The summed E-state index contributed by atoms with van der Waals surface area (Å²) in [5, 5.41) is 19.6. The first-order valence-corrected chi connectivity index (χ1v) is 3.87. The molecule has 1 aromatic carbocycles. The maximum atomic E-state index is 10.7. The van der Waals surface area contributed by atoms with E-state index in [0.717, 1.165) is 0 Å². The minimum absolute atomic E-state index is 0.215. The molecular formula is C9H7NO5. The van der Waals surface area contributed by atoms with E-state index < -0.39 is 11.9 Å². The summed E-state index contributed by atoms with van der Waals surface area (Å²) in [5.74, 6) is -2.61. The predicted octanol–water partition coefficient (Wildman–Crippen LogP) is 0.651. The average Bonchev–Trinajstić information content (AvgIpc) is 2.17. The molecule has 0 heterocycles. The van der Waals surface area contributed by atoms with Crippen LogP contribution in [0.4, 0.5) is 5.69 Å². The van der Waals surface area contributed by atoms with E-state index in [4.69, 9.17) is 10.2 Å². The van der Waals surface area contributed by atoms with Crippen LogP contribution in [0.2, 0.25) is 0 Å². The highest BCUT2D eigenvalue weighted by atomic mass is 16.4. The highest BCUT2D eigenvalue weighted by molar-refractivity contribution is 6.05. The Bertz CT molecular complexity index is 394. The van der Waals surface area contributed by atoms with Crippen molar-refractivity contribution < 1.29 is 24.6 Å². The fraction of sp³-hybridized carbons (Fsp3) is 0. The first-order chi connectivity index (χ1) is 7.07. The lowest BCUT2D eigenvalue weighted by molar-refractivity contribution is -0.105. The van der Waals surface area contributed by atoms with E-state index in [-0.39, 0.29) is 23.2 Å². The van der Waals surface area contributed by atoms with Crippen molar-refractivity contribution in [3.05, 3.63) is 29.3 Å². The maximum absolute atomic E-state index is 10.7. The molecule has 0 fully saturated rings. The largest absolute Gasteiger partial charge is 0.478 e. The lowest BCUT2D eigenvalue weighted by atomic mass is 10.1. The summed E-state index contributed by atoms with van der Waals surface area (Å²) in [5.41, 5.74) is -0.739. The van der Waals surface area contributed by atoms with Gasteiger partial charge in [0.25, 0.3) is 0 Å². The lowest BCUT2D eigenvalue weighted by Gasteiger charge is -2.07. The molecule has 0 radical (unpaired) electrons. The second-order valence-electron chi connectivity index (χ2n) is 2.60. The Balaban J connectivity index is 3.40. The number of carbonyl (C=O) groups excluding carboxylic acids is 1. The Labute approximate surface area is 84.1 Å². The molecule has 0 saturated heterocycles. The number of amides is 1. The van der Waals surface area contributed by atoms with E-state index >= 15 is 0 Å². The number of hydrogen-bond donors (Lipinski definition) is 3. The van der Waals surface area contributed by atoms with E-state index in [1.54, 1.807) is 0 Å². The molecule has 6 heteroatoms. The van der Waals surface area contributed by atoms with Gasteiger partial charge in [0.05, 0.1) is 16.8 Å². The minimum Gasteiger partial charge on any atom is -0.478 e. The van der Waals surface area contributed by atoms with Gasteiger partial charge in [-0.25, -0.2) is 9.59 Å². The molecule has 6 nitrogen and oxygen atoms in total. The van der Waals surface area contributed by atoms with Gasteiger partial charge in [-0.1, -0.05) is 6.07 Å². The van der Waals surface area contributed by atoms with E-state index in [9.17, 15) is 14.4 Å². The van der Waals surface area contributed by atoms with Crippen molar-refractivity contribution in [1.82, 2.24) is 0 Å². The summed E-state index contributed by atoms with van der Waals surface area (Å²) < 4.78 is 0. The molecule has 15 heavy (non-hydrogen) atoms. The predicted molar refractivity (Wildman–Crippen MR) is 50.0 cm³/mol. The van der Waals surface area contributed by atoms with Crippen LogP contribution >= 0.6 is 0 Å². The number of aromatic carboxylic acids is 2. The third-order valence-electron chi connectivity index (χ3n) is 1.73. The van der Waals surface area contributed by atoms with E-state index in [0.29, 0.717) is 0 Å². The van der Waals surface area contributed by atoms with Crippen LogP contribution in [-0.2, 0) is 4.79 Å². The van der Waals surface area contributed by atoms with E-state index in [1.165, 1.54) is 18.2 Å². The topological polar surface area (TPSA) is 104 Å². The van der Waals surface area contributed by atoms with Gasteiger partial charge in [0.2, 0.25) is 6.41 Å². The molecule has 0 saturated carbocycles. The van der Waals surface area contributed by atoms with Crippen molar-refractivity contribution in [2.45, 2.75) is 0 Å². The van der Waals surface area contributed by atoms with E-state index in [1.807, 2.05) is 0 Å². The second kappa shape index (κ2) is 4.23. The smallest absolute Gasteiger partial charge is 0.337 e. The van der Waals surface area contributed by atoms with Crippen LogP contribution < -0.4 is 5.32 Å². The van der Waals surface area contributed by atoms with Crippen molar-refractivity contribution in [2.24, 2.45) is 0 Å². The number of hydrogen-bond acceptors (Lipinski definition) is 3. The summed E-state index contributed by atoms with van der Waals surface area (Å²) in [6.07, 6.45) is 0.230. The van der Waals surface area contributed by atoms with Crippen LogP contribution in [0.1, 0.15) is 20.7 Å². The van der Waals surface area contributed by atoms with Crippen molar-refractivity contribution in [3.8, 4) is 0 Å². The minimum atomic E-state index is -1.30. The molecule has 0 unspecified atom stereocenters. The first-order valence-electron chi connectivity index (χ1n) is 3.87. The molecule has 3 N–H and O–H groups in total. The molecule has 0 atom stereocenters. The molecule has 1 rings (SSSR count). The van der Waals surface area contributed by atoms with Crippen molar-refractivity contribution in [2.75, 3.05) is 5.32 Å². The van der Waals surface area contributed by atoms with Crippen LogP contribution in [0.3, 0.4) is 0 Å². The Morgan fingerprint density at radius 2 is 1.60 bits per heavy atom. The van der Waals surface area contributed by atoms with Gasteiger partial charge in [0.15, 0.2) is 0 Å². The number of benzene rings is 1. The van der Waals surface area contributed by atoms with Gasteiger partial charge in [-0.2, -0.15) is 0 Å². The standard InChI is InChI=1S/C9H7NO5/c11-4-10-7-5(8(12)13)2-1-3-6(7)9(14)15/h1-4H,(H,10,11)(H,12,13)(H,14,15). The van der Waals surface area contributed by atoms with Crippen LogP contribution in [-0.4, -0.2) is 28.6 Å². The Hall–Kier alpha value is -2.37. The molecule has 0 spiro atoms. The van der Waals surface area contributed by atoms with Gasteiger partial charge >= 0.3 is 11.9 Å². The highest BCUT2D eigenvalue weighted by Crippen LogP contribution is 2.20. The Morgan fingerprint density at radius 1 is 1.13 bits per heavy atom. The van der Waals surface area contributed by atoms with Crippen LogP contribution in [0.25, 0.3) is 0 Å². The van der Waals surface area contributed by atoms with Gasteiger partial charge in [-0.05, 0) is 12.1 Å². The summed E-state index contributed by atoms with van der Waals surface area (Å²) in [6.45, 7) is 0. The molecular weight excluding hydrogens is 202 g/mol. The molecule has 1 aromatic rings. The Kier molecular flexibility index (Phi) is 3.02. The van der Waals surface area contributed by atoms with E-state index in [2.05, 4.69) is 5.32 Å². The van der Waals surface area contributed by atoms with Crippen molar-refractivity contribution in [3.63, 3.8) is 0 Å². The lowest BCUT2D eigenvalue weighted by Crippen LogP contribution is -2.10. The fourth-order valence-corrected chi connectivity index (χ4v) is 1.12. The van der Waals surface area contributed by atoms with Crippen LogP contribution in [0.5, 0.6) is 0 Å². The third-order valence-corrected chi connectivity index (χ3v) is 1.73. The van der Waals surface area contributed by atoms with Crippen molar-refractivity contribution in [1.29, 1.82) is 0 Å². The average molecular weight is 209 g/mol. The van der Waals surface area contributed by atoms with Gasteiger partial charge in [0.1, 0.15) is 0 Å². The number of carbonyl (C=O) groups is 3. The molecule has 1 amide bonds. The quantitative estimate of drug-likeness (QED) is 0.631. The summed E-state index contributed by atoms with van der Waals surface area (Å²) in [6, 6.07) is 3.71. The zero-order chi connectivity index (χ0) is 11.4. The monoisotopic (exact) mass is 209 g/mol. The SMILES string of the molecule is O=CNc1c(C(=O)O)cccc1C(=O)O. The third kappa shape index (κ3) is 2.11. The second-order valence-corrected chi connectivity index (χ2v) is 2.60. The highest BCUT2D eigenvalue weighted by Gasteiger charge is 2.17. The first kappa shape index (κ1) is 10.7. The summed E-state index contributed by atoms with van der Waals surface area (Å²) in [4.78, 5) is 31.7. The van der Waals surface area contributed by atoms with Crippen LogP contribution in [0.15, 0.2) is 18.2 Å². The maximum Gasteiger partial charge on any atom is 0.337 e. The zero-order valence-corrected chi connectivity index (χ0v) is 7.43. The Morgan fingerprint density at radius 3 is 1.93 bits per heavy atom. The van der Waals surface area contributed by atoms with Gasteiger partial charge in [0, 0.05) is 0 Å². The normalized spacial score (nSPS) is 9.33. The molecule has 0 bridgehead atoms. The van der Waals surface area contributed by atoms with Gasteiger partial charge in [-0.3, -0.25) is 4.79 Å². The van der Waals surface area contributed by atoms with Crippen molar-refractivity contribution >= 4 is 24.0 Å².